The molecule has 2 aliphatic heterocycles. The summed E-state index contributed by atoms with van der Waals surface area (Å²) in [7, 11) is -1.79. The third-order valence-corrected chi connectivity index (χ3v) is 8.16. The minimum absolute atomic E-state index is 0.0993. The number of sulfonamides is 1. The van der Waals surface area contributed by atoms with Crippen LogP contribution in [0.1, 0.15) is 40.9 Å². The maximum absolute atomic E-state index is 13.1. The first-order valence-corrected chi connectivity index (χ1v) is 12.5. The van der Waals surface area contributed by atoms with Crippen LogP contribution < -0.4 is 0 Å². The van der Waals surface area contributed by atoms with E-state index in [1.165, 1.54) is 11.1 Å². The molecule has 2 aliphatic rings. The van der Waals surface area contributed by atoms with Crippen molar-refractivity contribution in [1.29, 1.82) is 0 Å². The molecule has 2 aromatic rings. The van der Waals surface area contributed by atoms with Crippen LogP contribution in [0, 0.1) is 6.92 Å². The third-order valence-electron chi connectivity index (χ3n) is 6.30. The number of amides is 1. The number of aromatic nitrogens is 1. The highest BCUT2D eigenvalue weighted by atomic mass is 32.2. The molecule has 0 saturated carbocycles. The van der Waals surface area contributed by atoms with Gasteiger partial charge in [-0.2, -0.15) is 4.31 Å². The Bertz CT molecular complexity index is 1030. The monoisotopic (exact) mass is 444 g/mol. The van der Waals surface area contributed by atoms with Gasteiger partial charge in [0.05, 0.1) is 0 Å². The van der Waals surface area contributed by atoms with Crippen molar-refractivity contribution in [2.75, 3.05) is 39.3 Å². The summed E-state index contributed by atoms with van der Waals surface area (Å²) in [5.41, 5.74) is 2.97. The Morgan fingerprint density at radius 1 is 0.968 bits per heavy atom. The fraction of sp³-hybridized carbons (Fsp3) is 0.522. The SMILES string of the molecule is Cc1cccc(CN2CCN(C(=O)c3cc(S(=O)(=O)N4CCCCC4)cn3C)CC2)c1. The minimum Gasteiger partial charge on any atom is -0.345 e. The first-order valence-electron chi connectivity index (χ1n) is 11.1. The van der Waals surface area contributed by atoms with E-state index < -0.39 is 10.0 Å². The van der Waals surface area contributed by atoms with Crippen molar-refractivity contribution >= 4 is 15.9 Å². The lowest BCUT2D eigenvalue weighted by Crippen LogP contribution is -2.48. The lowest BCUT2D eigenvalue weighted by molar-refractivity contribution is 0.0619. The number of piperidine rings is 1. The molecule has 0 radical (unpaired) electrons. The Morgan fingerprint density at radius 2 is 1.68 bits per heavy atom. The van der Waals surface area contributed by atoms with Crippen LogP contribution in [0.25, 0.3) is 0 Å². The average Bonchev–Trinajstić information content (AvgIpc) is 3.17. The standard InChI is InChI=1S/C23H32N4O3S/c1-19-7-6-8-20(15-19)17-25-11-13-26(14-12-25)23(28)22-16-21(18-24(22)2)31(29,30)27-9-4-3-5-10-27/h6-8,15-16,18H,3-5,9-14,17H2,1-2H3. The highest BCUT2D eigenvalue weighted by Gasteiger charge is 2.30. The van der Waals surface area contributed by atoms with Gasteiger partial charge in [-0.25, -0.2) is 8.42 Å². The Morgan fingerprint density at radius 3 is 2.35 bits per heavy atom. The predicted molar refractivity (Wildman–Crippen MR) is 120 cm³/mol. The normalized spacial score (nSPS) is 19.0. The lowest BCUT2D eigenvalue weighted by Gasteiger charge is -2.34. The molecule has 0 bridgehead atoms. The first kappa shape index (κ1) is 22.0. The number of benzene rings is 1. The van der Waals surface area contributed by atoms with Crippen molar-refractivity contribution in [3.05, 3.63) is 53.3 Å². The van der Waals surface area contributed by atoms with Gasteiger partial charge in [0.1, 0.15) is 10.6 Å². The number of nitrogens with zero attached hydrogens (tertiary/aromatic N) is 4. The van der Waals surface area contributed by atoms with Crippen molar-refractivity contribution in [2.45, 2.75) is 37.6 Å². The molecule has 2 fully saturated rings. The van der Waals surface area contributed by atoms with E-state index in [1.54, 1.807) is 28.2 Å². The van der Waals surface area contributed by atoms with Gasteiger partial charge in [-0.3, -0.25) is 9.69 Å². The zero-order valence-electron chi connectivity index (χ0n) is 18.5. The van der Waals surface area contributed by atoms with E-state index in [4.69, 9.17) is 0 Å². The third kappa shape index (κ3) is 4.86. The molecule has 4 rings (SSSR count). The molecular weight excluding hydrogens is 412 g/mol. The number of carbonyl (C=O) groups is 1. The summed E-state index contributed by atoms with van der Waals surface area (Å²) in [6.07, 6.45) is 4.43. The number of aryl methyl sites for hydroxylation is 2. The summed E-state index contributed by atoms with van der Waals surface area (Å²) in [4.78, 5) is 17.5. The maximum Gasteiger partial charge on any atom is 0.270 e. The quantitative estimate of drug-likeness (QED) is 0.711. The van der Waals surface area contributed by atoms with Crippen LogP contribution >= 0.6 is 0 Å². The largest absolute Gasteiger partial charge is 0.345 e. The van der Waals surface area contributed by atoms with E-state index in [2.05, 4.69) is 36.1 Å². The van der Waals surface area contributed by atoms with Gasteiger partial charge in [0, 0.05) is 59.1 Å². The molecule has 168 valence electrons. The Hall–Kier alpha value is -2.16. The van der Waals surface area contributed by atoms with Crippen LogP contribution in [0.15, 0.2) is 41.4 Å². The smallest absolute Gasteiger partial charge is 0.270 e. The molecule has 1 amide bonds. The van der Waals surface area contributed by atoms with E-state index in [0.29, 0.717) is 31.9 Å². The van der Waals surface area contributed by atoms with Crippen molar-refractivity contribution in [3.8, 4) is 0 Å². The molecule has 0 spiro atoms. The second-order valence-corrected chi connectivity index (χ2v) is 10.6. The second-order valence-electron chi connectivity index (χ2n) is 8.69. The zero-order chi connectivity index (χ0) is 22.0. The summed E-state index contributed by atoms with van der Waals surface area (Å²) in [5.74, 6) is -0.0993. The lowest BCUT2D eigenvalue weighted by atomic mass is 10.1. The molecule has 0 unspecified atom stereocenters. The summed E-state index contributed by atoms with van der Waals surface area (Å²) in [6, 6.07) is 10.1. The van der Waals surface area contributed by atoms with Crippen LogP contribution in [0.2, 0.25) is 0 Å². The van der Waals surface area contributed by atoms with Crippen LogP contribution in [-0.4, -0.2) is 72.3 Å². The van der Waals surface area contributed by atoms with E-state index in [0.717, 1.165) is 38.9 Å². The Labute approximate surface area is 185 Å². The van der Waals surface area contributed by atoms with Gasteiger partial charge < -0.3 is 9.47 Å². The second kappa shape index (κ2) is 9.14. The molecule has 0 atom stereocenters. The summed E-state index contributed by atoms with van der Waals surface area (Å²) in [6.45, 7) is 7.00. The van der Waals surface area contributed by atoms with Gasteiger partial charge in [0.25, 0.3) is 5.91 Å². The summed E-state index contributed by atoms with van der Waals surface area (Å²) < 4.78 is 29.1. The van der Waals surface area contributed by atoms with Gasteiger partial charge in [0.15, 0.2) is 0 Å². The molecule has 0 N–H and O–H groups in total. The van der Waals surface area contributed by atoms with E-state index >= 15 is 0 Å². The molecule has 1 aromatic heterocycles. The van der Waals surface area contributed by atoms with Crippen LogP contribution in [0.3, 0.4) is 0 Å². The molecule has 3 heterocycles. The van der Waals surface area contributed by atoms with Crippen molar-refractivity contribution in [2.24, 2.45) is 7.05 Å². The first-order chi connectivity index (χ1) is 14.8. The molecule has 0 aliphatic carbocycles. The average molecular weight is 445 g/mol. The van der Waals surface area contributed by atoms with Crippen molar-refractivity contribution in [1.82, 2.24) is 18.7 Å². The molecule has 7 nitrogen and oxygen atoms in total. The maximum atomic E-state index is 13.1. The number of hydrogen-bond donors (Lipinski definition) is 0. The van der Waals surface area contributed by atoms with Gasteiger partial charge in [-0.15, -0.1) is 0 Å². The fourth-order valence-electron chi connectivity index (χ4n) is 4.48. The molecule has 2 saturated heterocycles. The van der Waals surface area contributed by atoms with Gasteiger partial charge >= 0.3 is 0 Å². The highest BCUT2D eigenvalue weighted by molar-refractivity contribution is 7.89. The van der Waals surface area contributed by atoms with Gasteiger partial charge in [-0.05, 0) is 31.4 Å². The van der Waals surface area contributed by atoms with Crippen LogP contribution in [-0.2, 0) is 23.6 Å². The fourth-order valence-corrected chi connectivity index (χ4v) is 6.07. The molecular formula is C23H32N4O3S. The van der Waals surface area contributed by atoms with E-state index in [9.17, 15) is 13.2 Å². The Balaban J connectivity index is 1.40. The van der Waals surface area contributed by atoms with Crippen LogP contribution in [0.5, 0.6) is 0 Å². The molecule has 8 heteroatoms. The van der Waals surface area contributed by atoms with E-state index in [1.807, 2.05) is 4.90 Å². The molecule has 31 heavy (non-hydrogen) atoms. The zero-order valence-corrected chi connectivity index (χ0v) is 19.3. The van der Waals surface area contributed by atoms with Gasteiger partial charge in [-0.1, -0.05) is 36.2 Å². The summed E-state index contributed by atoms with van der Waals surface area (Å²) in [5, 5.41) is 0. The predicted octanol–water partition coefficient (Wildman–Crippen LogP) is 2.47. The Kier molecular flexibility index (Phi) is 6.50. The van der Waals surface area contributed by atoms with Crippen LogP contribution in [0.4, 0.5) is 0 Å². The number of hydrogen-bond acceptors (Lipinski definition) is 4. The van der Waals surface area contributed by atoms with Crippen molar-refractivity contribution in [3.63, 3.8) is 0 Å². The molecule has 1 aromatic carbocycles. The summed E-state index contributed by atoms with van der Waals surface area (Å²) >= 11 is 0. The number of piperazine rings is 1. The number of carbonyl (C=O) groups excluding carboxylic acids is 1. The van der Waals surface area contributed by atoms with Gasteiger partial charge in [0.2, 0.25) is 10.0 Å². The topological polar surface area (TPSA) is 65.9 Å². The van der Waals surface area contributed by atoms with Crippen molar-refractivity contribution < 1.29 is 13.2 Å². The number of rotatable bonds is 5. The van der Waals surface area contributed by atoms with E-state index in [-0.39, 0.29) is 10.8 Å². The highest BCUT2D eigenvalue weighted by Crippen LogP contribution is 2.23. The minimum atomic E-state index is -3.54.